The Hall–Kier alpha value is -0.900. The maximum Gasteiger partial charge on any atom is 0.306 e. The molecule has 1 aromatic rings. The molecule has 3 atom stereocenters. The molecular formula is C16H25NO2S. The highest BCUT2D eigenvalue weighted by molar-refractivity contribution is 7.09. The second-order valence-electron chi connectivity index (χ2n) is 7.14. The monoisotopic (exact) mass is 295 g/mol. The van der Waals surface area contributed by atoms with Crippen LogP contribution in [-0.4, -0.2) is 16.1 Å². The van der Waals surface area contributed by atoms with Gasteiger partial charge in [0.25, 0.3) is 0 Å². The second kappa shape index (κ2) is 5.84. The van der Waals surface area contributed by atoms with Crippen LogP contribution in [0.3, 0.4) is 0 Å². The lowest BCUT2D eigenvalue weighted by Crippen LogP contribution is -2.36. The number of thiazole rings is 1. The molecule has 1 saturated carbocycles. The summed E-state index contributed by atoms with van der Waals surface area (Å²) in [5, 5.41) is 12.6. The third-order valence-electron chi connectivity index (χ3n) is 4.66. The SMILES string of the molecule is Cc1nc(CC2CC(C(C)(C)C)CCC2C(=O)O)cs1. The minimum absolute atomic E-state index is 0.199. The number of hydrogen-bond acceptors (Lipinski definition) is 3. The largest absolute Gasteiger partial charge is 0.481 e. The van der Waals surface area contributed by atoms with Gasteiger partial charge < -0.3 is 5.11 Å². The highest BCUT2D eigenvalue weighted by atomic mass is 32.1. The Morgan fingerprint density at radius 3 is 2.65 bits per heavy atom. The van der Waals surface area contributed by atoms with Crippen LogP contribution in [0.2, 0.25) is 0 Å². The van der Waals surface area contributed by atoms with E-state index in [-0.39, 0.29) is 17.3 Å². The van der Waals surface area contributed by atoms with Gasteiger partial charge in [-0.1, -0.05) is 20.8 Å². The summed E-state index contributed by atoms with van der Waals surface area (Å²) in [5.41, 5.74) is 1.33. The summed E-state index contributed by atoms with van der Waals surface area (Å²) in [7, 11) is 0. The molecule has 1 aromatic heterocycles. The zero-order chi connectivity index (χ0) is 14.9. The van der Waals surface area contributed by atoms with Crippen molar-refractivity contribution in [1.82, 2.24) is 4.98 Å². The van der Waals surface area contributed by atoms with Crippen LogP contribution in [0, 0.1) is 30.1 Å². The van der Waals surface area contributed by atoms with Gasteiger partial charge in [0.2, 0.25) is 0 Å². The second-order valence-corrected chi connectivity index (χ2v) is 8.21. The fourth-order valence-electron chi connectivity index (χ4n) is 3.37. The van der Waals surface area contributed by atoms with Crippen molar-refractivity contribution in [3.8, 4) is 0 Å². The summed E-state index contributed by atoms with van der Waals surface area (Å²) >= 11 is 1.65. The van der Waals surface area contributed by atoms with Gasteiger partial charge in [-0.25, -0.2) is 4.98 Å². The zero-order valence-corrected chi connectivity index (χ0v) is 13.7. The molecule has 2 rings (SSSR count). The molecule has 0 radical (unpaired) electrons. The number of nitrogens with zero attached hydrogens (tertiary/aromatic N) is 1. The maximum atomic E-state index is 11.5. The Morgan fingerprint density at radius 1 is 1.45 bits per heavy atom. The van der Waals surface area contributed by atoms with Crippen molar-refractivity contribution in [1.29, 1.82) is 0 Å². The summed E-state index contributed by atoms with van der Waals surface area (Å²) in [6, 6.07) is 0. The van der Waals surface area contributed by atoms with Crippen molar-refractivity contribution >= 4 is 17.3 Å². The first kappa shape index (κ1) is 15.5. The number of aryl methyl sites for hydroxylation is 1. The maximum absolute atomic E-state index is 11.5. The number of aliphatic carboxylic acids is 1. The van der Waals surface area contributed by atoms with E-state index in [2.05, 4.69) is 31.1 Å². The molecule has 4 heteroatoms. The quantitative estimate of drug-likeness (QED) is 0.911. The van der Waals surface area contributed by atoms with E-state index in [0.29, 0.717) is 5.92 Å². The lowest BCUT2D eigenvalue weighted by molar-refractivity contribution is -0.146. The van der Waals surface area contributed by atoms with Gasteiger partial charge in [-0.05, 0) is 49.9 Å². The normalized spacial score (nSPS) is 27.5. The third-order valence-corrected chi connectivity index (χ3v) is 5.48. The molecule has 3 nitrogen and oxygen atoms in total. The fourth-order valence-corrected chi connectivity index (χ4v) is 4.00. The standard InChI is InChI=1S/C16H25NO2S/c1-10-17-13(9-20-10)8-11-7-12(16(2,3)4)5-6-14(11)15(18)19/h9,11-12,14H,5-8H2,1-4H3,(H,18,19). The van der Waals surface area contributed by atoms with Gasteiger partial charge in [-0.2, -0.15) is 0 Å². The van der Waals surface area contributed by atoms with Crippen molar-refractivity contribution in [3.63, 3.8) is 0 Å². The van der Waals surface area contributed by atoms with E-state index >= 15 is 0 Å². The smallest absolute Gasteiger partial charge is 0.306 e. The molecule has 0 aliphatic heterocycles. The summed E-state index contributed by atoms with van der Waals surface area (Å²) < 4.78 is 0. The minimum Gasteiger partial charge on any atom is -0.481 e. The fraction of sp³-hybridized carbons (Fsp3) is 0.750. The number of carbonyl (C=O) groups is 1. The predicted octanol–water partition coefficient (Wildman–Crippen LogP) is 4.16. The van der Waals surface area contributed by atoms with Crippen molar-refractivity contribution in [2.45, 2.75) is 53.4 Å². The van der Waals surface area contributed by atoms with Crippen LogP contribution in [-0.2, 0) is 11.2 Å². The average molecular weight is 295 g/mol. The number of carboxylic acid groups (broad SMARTS) is 1. The number of rotatable bonds is 3. The molecule has 1 N–H and O–H groups in total. The zero-order valence-electron chi connectivity index (χ0n) is 12.8. The average Bonchev–Trinajstić information content (AvgIpc) is 2.73. The Kier molecular flexibility index (Phi) is 4.52. The lowest BCUT2D eigenvalue weighted by Gasteiger charge is -2.40. The van der Waals surface area contributed by atoms with Gasteiger partial charge in [0.05, 0.1) is 16.6 Å². The molecule has 1 aliphatic carbocycles. The van der Waals surface area contributed by atoms with Gasteiger partial charge in [0.1, 0.15) is 0 Å². The molecule has 1 aliphatic rings. The van der Waals surface area contributed by atoms with E-state index in [0.717, 1.165) is 36.4 Å². The first-order chi connectivity index (χ1) is 9.27. The van der Waals surface area contributed by atoms with E-state index in [1.807, 2.05) is 6.92 Å². The Bertz CT molecular complexity index is 475. The van der Waals surface area contributed by atoms with Crippen molar-refractivity contribution in [2.75, 3.05) is 0 Å². The first-order valence-corrected chi connectivity index (χ1v) is 8.29. The van der Waals surface area contributed by atoms with Crippen LogP contribution in [0.15, 0.2) is 5.38 Å². The molecule has 0 spiro atoms. The summed E-state index contributed by atoms with van der Waals surface area (Å²) in [5.74, 6) is 0.0136. The van der Waals surface area contributed by atoms with Crippen molar-refractivity contribution in [3.05, 3.63) is 16.1 Å². The first-order valence-electron chi connectivity index (χ1n) is 7.41. The van der Waals surface area contributed by atoms with Gasteiger partial charge in [0, 0.05) is 5.38 Å². The highest BCUT2D eigenvalue weighted by Gasteiger charge is 2.39. The molecule has 112 valence electrons. The van der Waals surface area contributed by atoms with Crippen LogP contribution in [0.25, 0.3) is 0 Å². The summed E-state index contributed by atoms with van der Waals surface area (Å²) in [6.45, 7) is 8.80. The number of carboxylic acids is 1. The van der Waals surface area contributed by atoms with E-state index in [4.69, 9.17) is 0 Å². The molecule has 0 saturated heterocycles. The van der Waals surface area contributed by atoms with Crippen LogP contribution in [0.5, 0.6) is 0 Å². The Labute approximate surface area is 125 Å². The molecule has 3 unspecified atom stereocenters. The molecular weight excluding hydrogens is 270 g/mol. The molecule has 1 heterocycles. The number of aromatic nitrogens is 1. The summed E-state index contributed by atoms with van der Waals surface area (Å²) in [4.78, 5) is 16.0. The van der Waals surface area contributed by atoms with Crippen molar-refractivity contribution < 1.29 is 9.90 Å². The third kappa shape index (κ3) is 3.60. The van der Waals surface area contributed by atoms with E-state index < -0.39 is 5.97 Å². The van der Waals surface area contributed by atoms with E-state index in [9.17, 15) is 9.90 Å². The van der Waals surface area contributed by atoms with E-state index in [1.165, 1.54) is 0 Å². The molecule has 0 amide bonds. The Morgan fingerprint density at radius 2 is 2.15 bits per heavy atom. The molecule has 0 bridgehead atoms. The topological polar surface area (TPSA) is 50.2 Å². The summed E-state index contributed by atoms with van der Waals surface area (Å²) in [6.07, 6.45) is 3.67. The van der Waals surface area contributed by atoms with Crippen LogP contribution in [0.1, 0.15) is 50.7 Å². The number of hydrogen-bond donors (Lipinski definition) is 1. The molecule has 0 aromatic carbocycles. The van der Waals surface area contributed by atoms with Crippen LogP contribution in [0.4, 0.5) is 0 Å². The molecule has 1 fully saturated rings. The van der Waals surface area contributed by atoms with Crippen LogP contribution < -0.4 is 0 Å². The molecule has 20 heavy (non-hydrogen) atoms. The minimum atomic E-state index is -0.630. The van der Waals surface area contributed by atoms with Gasteiger partial charge in [-0.3, -0.25) is 4.79 Å². The Balaban J connectivity index is 2.12. The van der Waals surface area contributed by atoms with Crippen molar-refractivity contribution in [2.24, 2.45) is 23.2 Å². The predicted molar refractivity (Wildman–Crippen MR) is 82.0 cm³/mol. The van der Waals surface area contributed by atoms with Gasteiger partial charge in [0.15, 0.2) is 0 Å². The van der Waals surface area contributed by atoms with Gasteiger partial charge in [-0.15, -0.1) is 11.3 Å². The van der Waals surface area contributed by atoms with Crippen LogP contribution >= 0.6 is 11.3 Å². The van der Waals surface area contributed by atoms with Gasteiger partial charge >= 0.3 is 5.97 Å². The van der Waals surface area contributed by atoms with E-state index in [1.54, 1.807) is 11.3 Å². The highest BCUT2D eigenvalue weighted by Crippen LogP contribution is 2.43. The lowest BCUT2D eigenvalue weighted by atomic mass is 9.64.